The summed E-state index contributed by atoms with van der Waals surface area (Å²) in [7, 11) is 0. The van der Waals surface area contributed by atoms with Gasteiger partial charge in [-0.1, -0.05) is 25.5 Å². The number of benzene rings is 2. The maximum Gasteiger partial charge on any atom is 0.163 e. The molecule has 0 fully saturated rings. The summed E-state index contributed by atoms with van der Waals surface area (Å²) >= 11 is 3.44. The van der Waals surface area contributed by atoms with E-state index in [0.29, 0.717) is 42.9 Å². The summed E-state index contributed by atoms with van der Waals surface area (Å²) in [4.78, 5) is 11.6. The van der Waals surface area contributed by atoms with Gasteiger partial charge >= 0.3 is 0 Å². The number of para-hydroxylation sites is 1. The van der Waals surface area contributed by atoms with Gasteiger partial charge in [0.05, 0.1) is 23.2 Å². The van der Waals surface area contributed by atoms with Crippen LogP contribution in [-0.2, 0) is 6.42 Å². The number of rotatable bonds is 9. The fraction of sp³-hybridized carbons (Fsp3) is 0.350. The second-order valence-corrected chi connectivity index (χ2v) is 6.58. The molecule has 0 heterocycles. The molecule has 0 aliphatic heterocycles. The van der Waals surface area contributed by atoms with Crippen LogP contribution in [0.1, 0.15) is 42.6 Å². The number of aromatic hydroxyl groups is 1. The first-order chi connectivity index (χ1) is 12.0. The molecule has 0 bridgehead atoms. The van der Waals surface area contributed by atoms with E-state index < -0.39 is 0 Å². The smallest absolute Gasteiger partial charge is 0.163 e. The summed E-state index contributed by atoms with van der Waals surface area (Å²) in [6.07, 6.45) is 2.23. The minimum atomic E-state index is -0.150. The zero-order valence-electron chi connectivity index (χ0n) is 14.5. The minimum Gasteiger partial charge on any atom is -0.507 e. The molecule has 0 radical (unpaired) electrons. The van der Waals surface area contributed by atoms with Crippen molar-refractivity contribution in [2.75, 3.05) is 13.2 Å². The van der Waals surface area contributed by atoms with Gasteiger partial charge in [-0.2, -0.15) is 0 Å². The number of phenolic OH excluding ortho intramolecular Hbond substituents is 1. The standard InChI is InChI=1S/C20H23BrO4/c1-3-7-16-18(11-10-15(14(2)22)20(16)23)24-12-6-13-25-19-9-5-4-8-17(19)21/h4-5,8-11,23H,3,6-7,12-13H2,1-2H3. The van der Waals surface area contributed by atoms with Crippen molar-refractivity contribution >= 4 is 21.7 Å². The molecular formula is C20H23BrO4. The van der Waals surface area contributed by atoms with Crippen molar-refractivity contribution in [2.45, 2.75) is 33.1 Å². The zero-order valence-corrected chi connectivity index (χ0v) is 16.1. The number of carbonyl (C=O) groups is 1. The summed E-state index contributed by atoms with van der Waals surface area (Å²) in [6, 6.07) is 11.1. The van der Waals surface area contributed by atoms with E-state index in [-0.39, 0.29) is 11.5 Å². The van der Waals surface area contributed by atoms with Crippen molar-refractivity contribution < 1.29 is 19.4 Å². The molecule has 0 aliphatic rings. The molecule has 0 aromatic heterocycles. The van der Waals surface area contributed by atoms with Crippen LogP contribution in [0.25, 0.3) is 0 Å². The maximum atomic E-state index is 11.6. The highest BCUT2D eigenvalue weighted by Gasteiger charge is 2.15. The van der Waals surface area contributed by atoms with Gasteiger partial charge < -0.3 is 14.6 Å². The van der Waals surface area contributed by atoms with Crippen LogP contribution in [0.3, 0.4) is 0 Å². The van der Waals surface area contributed by atoms with E-state index in [9.17, 15) is 9.90 Å². The average molecular weight is 407 g/mol. The van der Waals surface area contributed by atoms with Gasteiger partial charge in [0.1, 0.15) is 17.2 Å². The largest absolute Gasteiger partial charge is 0.507 e. The van der Waals surface area contributed by atoms with Crippen LogP contribution in [0.5, 0.6) is 17.2 Å². The van der Waals surface area contributed by atoms with Crippen LogP contribution in [0, 0.1) is 0 Å². The van der Waals surface area contributed by atoms with Crippen molar-refractivity contribution in [3.8, 4) is 17.2 Å². The lowest BCUT2D eigenvalue weighted by molar-refractivity contribution is 0.101. The molecule has 134 valence electrons. The first kappa shape index (κ1) is 19.3. The molecule has 2 aromatic rings. The van der Waals surface area contributed by atoms with E-state index in [1.807, 2.05) is 31.2 Å². The van der Waals surface area contributed by atoms with Crippen molar-refractivity contribution in [3.05, 3.63) is 52.0 Å². The predicted octanol–water partition coefficient (Wildman–Crippen LogP) is 5.16. The molecule has 2 aromatic carbocycles. The van der Waals surface area contributed by atoms with Crippen molar-refractivity contribution in [1.82, 2.24) is 0 Å². The molecule has 0 amide bonds. The highest BCUT2D eigenvalue weighted by molar-refractivity contribution is 9.10. The van der Waals surface area contributed by atoms with Gasteiger partial charge in [0.2, 0.25) is 0 Å². The van der Waals surface area contributed by atoms with Crippen LogP contribution >= 0.6 is 15.9 Å². The molecule has 0 saturated heterocycles. The Kier molecular flexibility index (Phi) is 7.31. The number of halogens is 1. The molecule has 4 nitrogen and oxygen atoms in total. The summed E-state index contributed by atoms with van der Waals surface area (Å²) in [5.74, 6) is 1.32. The fourth-order valence-corrected chi connectivity index (χ4v) is 2.91. The second kappa shape index (κ2) is 9.47. The third kappa shape index (κ3) is 5.23. The lowest BCUT2D eigenvalue weighted by Crippen LogP contribution is -2.07. The van der Waals surface area contributed by atoms with E-state index in [1.165, 1.54) is 6.92 Å². The Morgan fingerprint density at radius 3 is 2.40 bits per heavy atom. The first-order valence-corrected chi connectivity index (χ1v) is 9.19. The van der Waals surface area contributed by atoms with E-state index in [1.54, 1.807) is 12.1 Å². The molecular weight excluding hydrogens is 384 g/mol. The number of ether oxygens (including phenoxy) is 2. The number of hydrogen-bond acceptors (Lipinski definition) is 4. The molecule has 0 atom stereocenters. The second-order valence-electron chi connectivity index (χ2n) is 5.73. The molecule has 25 heavy (non-hydrogen) atoms. The van der Waals surface area contributed by atoms with E-state index in [2.05, 4.69) is 15.9 Å². The molecule has 0 aliphatic carbocycles. The van der Waals surface area contributed by atoms with Gasteiger partial charge in [0.25, 0.3) is 0 Å². The number of Topliss-reactive ketones (excluding diaryl/α,β-unsaturated/α-hetero) is 1. The number of hydrogen-bond donors (Lipinski definition) is 1. The van der Waals surface area contributed by atoms with E-state index in [4.69, 9.17) is 9.47 Å². The lowest BCUT2D eigenvalue weighted by atomic mass is 10.0. The van der Waals surface area contributed by atoms with Crippen molar-refractivity contribution in [2.24, 2.45) is 0 Å². The number of phenols is 1. The summed E-state index contributed by atoms with van der Waals surface area (Å²) < 4.78 is 12.4. The zero-order chi connectivity index (χ0) is 18.2. The van der Waals surface area contributed by atoms with E-state index >= 15 is 0 Å². The Labute approximate surface area is 156 Å². The molecule has 0 unspecified atom stereocenters. The van der Waals surface area contributed by atoms with Crippen LogP contribution < -0.4 is 9.47 Å². The molecule has 2 rings (SSSR count). The summed E-state index contributed by atoms with van der Waals surface area (Å²) in [5.41, 5.74) is 1.04. The fourth-order valence-electron chi connectivity index (χ4n) is 2.51. The predicted molar refractivity (Wildman–Crippen MR) is 102 cm³/mol. The average Bonchev–Trinajstić information content (AvgIpc) is 2.58. The van der Waals surface area contributed by atoms with Crippen LogP contribution in [0.15, 0.2) is 40.9 Å². The normalized spacial score (nSPS) is 10.5. The van der Waals surface area contributed by atoms with E-state index in [0.717, 1.165) is 16.6 Å². The molecule has 0 saturated carbocycles. The van der Waals surface area contributed by atoms with Crippen molar-refractivity contribution in [1.29, 1.82) is 0 Å². The van der Waals surface area contributed by atoms with Crippen LogP contribution in [0.4, 0.5) is 0 Å². The van der Waals surface area contributed by atoms with Crippen LogP contribution in [0.2, 0.25) is 0 Å². The van der Waals surface area contributed by atoms with Crippen molar-refractivity contribution in [3.63, 3.8) is 0 Å². The van der Waals surface area contributed by atoms with Gasteiger partial charge in [0, 0.05) is 12.0 Å². The Balaban J connectivity index is 1.93. The molecule has 1 N–H and O–H groups in total. The SMILES string of the molecule is CCCc1c(OCCCOc2ccccc2Br)ccc(C(C)=O)c1O. The number of carbonyl (C=O) groups excluding carboxylic acids is 1. The first-order valence-electron chi connectivity index (χ1n) is 8.40. The summed E-state index contributed by atoms with van der Waals surface area (Å²) in [5, 5.41) is 10.3. The third-order valence-corrected chi connectivity index (χ3v) is 4.41. The van der Waals surface area contributed by atoms with Gasteiger partial charge in [-0.3, -0.25) is 4.79 Å². The van der Waals surface area contributed by atoms with Crippen LogP contribution in [-0.4, -0.2) is 24.1 Å². The van der Waals surface area contributed by atoms with Gasteiger partial charge in [-0.05, 0) is 53.5 Å². The Hall–Kier alpha value is -2.01. The monoisotopic (exact) mass is 406 g/mol. The highest BCUT2D eigenvalue weighted by atomic mass is 79.9. The van der Waals surface area contributed by atoms with Gasteiger partial charge in [-0.25, -0.2) is 0 Å². The third-order valence-electron chi connectivity index (χ3n) is 3.76. The Bertz CT molecular complexity index is 728. The Morgan fingerprint density at radius 2 is 1.76 bits per heavy atom. The quantitative estimate of drug-likeness (QED) is 0.461. The Morgan fingerprint density at radius 1 is 1.08 bits per heavy atom. The number of ketones is 1. The highest BCUT2D eigenvalue weighted by Crippen LogP contribution is 2.33. The van der Waals surface area contributed by atoms with Gasteiger partial charge in [0.15, 0.2) is 5.78 Å². The minimum absolute atomic E-state index is 0.0383. The molecule has 5 heteroatoms. The van der Waals surface area contributed by atoms with Gasteiger partial charge in [-0.15, -0.1) is 0 Å². The molecule has 0 spiro atoms. The lowest BCUT2D eigenvalue weighted by Gasteiger charge is -2.15. The topological polar surface area (TPSA) is 55.8 Å². The summed E-state index contributed by atoms with van der Waals surface area (Å²) in [6.45, 7) is 4.48. The maximum absolute atomic E-state index is 11.6.